The third-order valence-corrected chi connectivity index (χ3v) is 5.77. The van der Waals surface area contributed by atoms with Crippen molar-refractivity contribution >= 4 is 28.4 Å². The van der Waals surface area contributed by atoms with Gasteiger partial charge in [0.25, 0.3) is 0 Å². The molecule has 188 valence electrons. The van der Waals surface area contributed by atoms with Crippen LogP contribution in [0, 0.1) is 19.7 Å². The van der Waals surface area contributed by atoms with Gasteiger partial charge in [-0.3, -0.25) is 0 Å². The molecule has 11 heteroatoms. The highest BCUT2D eigenvalue weighted by atomic mass is 19.4. The molecular formula is C25H23F4N5O2. The fraction of sp³-hybridized carbons (Fsp3) is 0.240. The number of fused-ring (bicyclic) bond motifs is 1. The second-order valence-corrected chi connectivity index (χ2v) is 8.31. The van der Waals surface area contributed by atoms with Gasteiger partial charge in [0.2, 0.25) is 0 Å². The Morgan fingerprint density at radius 2 is 1.83 bits per heavy atom. The number of nitrogens with zero attached hydrogens (tertiary/aromatic N) is 3. The largest absolute Gasteiger partial charge is 0.478 e. The van der Waals surface area contributed by atoms with Gasteiger partial charge < -0.3 is 20.3 Å². The van der Waals surface area contributed by atoms with E-state index in [1.807, 2.05) is 24.5 Å². The lowest BCUT2D eigenvalue weighted by molar-refractivity contribution is -0.115. The van der Waals surface area contributed by atoms with Crippen molar-refractivity contribution < 1.29 is 27.5 Å². The van der Waals surface area contributed by atoms with Crippen molar-refractivity contribution in [2.45, 2.75) is 26.6 Å². The maximum atomic E-state index is 14.5. The molecule has 0 saturated carbocycles. The molecule has 0 aliphatic rings. The minimum Gasteiger partial charge on any atom is -0.478 e. The normalized spacial score (nSPS) is 11.6. The number of carboxylic acid groups (broad SMARTS) is 1. The van der Waals surface area contributed by atoms with Crippen LogP contribution >= 0.6 is 0 Å². The van der Waals surface area contributed by atoms with Gasteiger partial charge in [-0.1, -0.05) is 12.1 Å². The summed E-state index contributed by atoms with van der Waals surface area (Å²) in [5.74, 6) is -1.19. The van der Waals surface area contributed by atoms with E-state index in [2.05, 4.69) is 20.6 Å². The summed E-state index contributed by atoms with van der Waals surface area (Å²) < 4.78 is 54.4. The fourth-order valence-corrected chi connectivity index (χ4v) is 4.03. The van der Waals surface area contributed by atoms with Crippen LogP contribution in [0.15, 0.2) is 48.8 Å². The number of hydrogen-bond donors (Lipinski definition) is 3. The number of rotatable bonds is 8. The van der Waals surface area contributed by atoms with Crippen molar-refractivity contribution in [2.24, 2.45) is 0 Å². The van der Waals surface area contributed by atoms with Crippen LogP contribution in [0.1, 0.15) is 21.6 Å². The van der Waals surface area contributed by atoms with Crippen molar-refractivity contribution in [2.75, 3.05) is 23.7 Å². The van der Waals surface area contributed by atoms with Gasteiger partial charge in [0, 0.05) is 41.5 Å². The predicted octanol–water partition coefficient (Wildman–Crippen LogP) is 5.64. The summed E-state index contributed by atoms with van der Waals surface area (Å²) in [6, 6.07) is 10.7. The molecule has 2 aromatic heterocycles. The third-order valence-electron chi connectivity index (χ3n) is 5.77. The molecule has 0 saturated heterocycles. The summed E-state index contributed by atoms with van der Waals surface area (Å²) in [5, 5.41) is 15.5. The molecule has 0 fully saturated rings. The molecule has 2 aromatic carbocycles. The van der Waals surface area contributed by atoms with E-state index in [4.69, 9.17) is 0 Å². The zero-order chi connectivity index (χ0) is 26.0. The zero-order valence-corrected chi connectivity index (χ0v) is 19.4. The molecule has 0 radical (unpaired) electrons. The summed E-state index contributed by atoms with van der Waals surface area (Å²) >= 11 is 0. The van der Waals surface area contributed by atoms with Gasteiger partial charge in [0.1, 0.15) is 24.5 Å². The van der Waals surface area contributed by atoms with E-state index in [9.17, 15) is 27.5 Å². The molecule has 3 N–H and O–H groups in total. The second-order valence-electron chi connectivity index (χ2n) is 8.31. The number of anilines is 2. The number of aromatic nitrogens is 3. The van der Waals surface area contributed by atoms with Crippen LogP contribution in [0.4, 0.5) is 29.1 Å². The van der Waals surface area contributed by atoms with Crippen LogP contribution in [-0.4, -0.2) is 44.9 Å². The van der Waals surface area contributed by atoms with Crippen LogP contribution in [-0.2, 0) is 6.54 Å². The van der Waals surface area contributed by atoms with E-state index in [1.165, 1.54) is 30.6 Å². The Labute approximate surface area is 203 Å². The first kappa shape index (κ1) is 25.0. The Bertz CT molecular complexity index is 1430. The van der Waals surface area contributed by atoms with Crippen molar-refractivity contribution in [1.29, 1.82) is 0 Å². The molecule has 36 heavy (non-hydrogen) atoms. The quantitative estimate of drug-likeness (QED) is 0.271. The zero-order valence-electron chi connectivity index (χ0n) is 19.4. The van der Waals surface area contributed by atoms with Gasteiger partial charge in [0.05, 0.1) is 16.8 Å². The molecular weight excluding hydrogens is 478 g/mol. The molecule has 2 heterocycles. The molecule has 0 aliphatic carbocycles. The highest BCUT2D eigenvalue weighted by Gasteiger charge is 2.27. The number of alkyl halides is 3. The number of aromatic carboxylic acids is 1. The van der Waals surface area contributed by atoms with Gasteiger partial charge >= 0.3 is 12.1 Å². The molecule has 0 unspecified atom stereocenters. The van der Waals surface area contributed by atoms with E-state index >= 15 is 0 Å². The molecule has 0 amide bonds. The molecule has 0 aliphatic heterocycles. The number of halogens is 4. The standard InChI is InChI=1S/C25H23F4N5O2/c1-14-3-6-19(26)23-18(14)9-15(2)34(23)8-7-30-22-11-20(32-13-33-22)16-4-5-17(24(35)36)21(10-16)31-12-25(27,28)29/h3-6,9-11,13,31H,7-8,12H2,1-2H3,(H,35,36)(H,30,32,33). The molecule has 0 bridgehead atoms. The Morgan fingerprint density at radius 1 is 1.06 bits per heavy atom. The summed E-state index contributed by atoms with van der Waals surface area (Å²) in [5.41, 5.74) is 2.80. The summed E-state index contributed by atoms with van der Waals surface area (Å²) in [4.78, 5) is 19.8. The van der Waals surface area contributed by atoms with E-state index in [-0.39, 0.29) is 17.1 Å². The minimum absolute atomic E-state index is 0.169. The Kier molecular flexibility index (Phi) is 6.82. The molecule has 4 rings (SSSR count). The number of nitrogens with one attached hydrogen (secondary N) is 2. The average molecular weight is 501 g/mol. The number of carboxylic acids is 1. The number of hydrogen-bond acceptors (Lipinski definition) is 5. The highest BCUT2D eigenvalue weighted by Crippen LogP contribution is 2.28. The molecule has 7 nitrogen and oxygen atoms in total. The third kappa shape index (κ3) is 5.40. The van der Waals surface area contributed by atoms with Gasteiger partial charge in [-0.25, -0.2) is 19.2 Å². The van der Waals surface area contributed by atoms with Gasteiger partial charge in [0.15, 0.2) is 0 Å². The monoisotopic (exact) mass is 501 g/mol. The maximum Gasteiger partial charge on any atom is 0.405 e. The number of benzene rings is 2. The van der Waals surface area contributed by atoms with Crippen molar-refractivity contribution in [3.05, 3.63) is 71.4 Å². The molecule has 0 atom stereocenters. The Morgan fingerprint density at radius 3 is 2.56 bits per heavy atom. The lowest BCUT2D eigenvalue weighted by atomic mass is 10.1. The summed E-state index contributed by atoms with van der Waals surface area (Å²) in [6.45, 7) is 3.35. The second kappa shape index (κ2) is 9.84. The van der Waals surface area contributed by atoms with Crippen molar-refractivity contribution in [3.63, 3.8) is 0 Å². The van der Waals surface area contributed by atoms with E-state index < -0.39 is 18.7 Å². The van der Waals surface area contributed by atoms with Crippen LogP contribution in [0.3, 0.4) is 0 Å². The first-order valence-corrected chi connectivity index (χ1v) is 11.0. The highest BCUT2D eigenvalue weighted by molar-refractivity contribution is 5.95. The predicted molar refractivity (Wildman–Crippen MR) is 129 cm³/mol. The van der Waals surface area contributed by atoms with Crippen molar-refractivity contribution in [3.8, 4) is 11.3 Å². The fourth-order valence-electron chi connectivity index (χ4n) is 4.03. The molecule has 4 aromatic rings. The topological polar surface area (TPSA) is 92.1 Å². The first-order chi connectivity index (χ1) is 17.0. The summed E-state index contributed by atoms with van der Waals surface area (Å²) in [7, 11) is 0. The molecule has 0 spiro atoms. The van der Waals surface area contributed by atoms with E-state index in [1.54, 1.807) is 12.1 Å². The lowest BCUT2D eigenvalue weighted by Crippen LogP contribution is -2.22. The average Bonchev–Trinajstić information content (AvgIpc) is 3.17. The smallest absolute Gasteiger partial charge is 0.405 e. The van der Waals surface area contributed by atoms with Gasteiger partial charge in [-0.05, 0) is 43.7 Å². The van der Waals surface area contributed by atoms with Crippen LogP contribution in [0.5, 0.6) is 0 Å². The van der Waals surface area contributed by atoms with Crippen LogP contribution in [0.25, 0.3) is 22.2 Å². The number of aryl methyl sites for hydroxylation is 2. The van der Waals surface area contributed by atoms with Crippen LogP contribution in [0.2, 0.25) is 0 Å². The Hall–Kier alpha value is -4.15. The van der Waals surface area contributed by atoms with Gasteiger partial charge in [-0.2, -0.15) is 13.2 Å². The maximum absolute atomic E-state index is 14.5. The SMILES string of the molecule is Cc1ccc(F)c2c1cc(C)n2CCNc1cc(-c2ccc(C(=O)O)c(NCC(F)(F)F)c2)ncn1. The van der Waals surface area contributed by atoms with Crippen molar-refractivity contribution in [1.82, 2.24) is 14.5 Å². The van der Waals surface area contributed by atoms with Gasteiger partial charge in [-0.15, -0.1) is 0 Å². The minimum atomic E-state index is -4.51. The summed E-state index contributed by atoms with van der Waals surface area (Å²) in [6.07, 6.45) is -3.21. The Balaban J connectivity index is 1.52. The van der Waals surface area contributed by atoms with E-state index in [0.717, 1.165) is 16.6 Å². The lowest BCUT2D eigenvalue weighted by Gasteiger charge is -2.14. The first-order valence-electron chi connectivity index (χ1n) is 11.0. The van der Waals surface area contributed by atoms with E-state index in [0.29, 0.717) is 35.7 Å². The van der Waals surface area contributed by atoms with Crippen LogP contribution < -0.4 is 10.6 Å². The number of carbonyl (C=O) groups is 1.